The van der Waals surface area contributed by atoms with Crippen LogP contribution in [0, 0.1) is 5.82 Å². The van der Waals surface area contributed by atoms with Gasteiger partial charge in [-0.05, 0) is 28.1 Å². The molecule has 8 heteroatoms. The summed E-state index contributed by atoms with van der Waals surface area (Å²) in [7, 11) is 0. The number of carbonyl (C=O) groups excluding carboxylic acids is 2. The summed E-state index contributed by atoms with van der Waals surface area (Å²) in [6, 6.07) is 2.30. The molecule has 6 nitrogen and oxygen atoms in total. The van der Waals surface area contributed by atoms with E-state index < -0.39 is 36.1 Å². The van der Waals surface area contributed by atoms with E-state index >= 15 is 0 Å². The summed E-state index contributed by atoms with van der Waals surface area (Å²) >= 11 is 2.88. The number of nitrogens with one attached hydrogen (secondary N) is 1. The molecule has 1 rings (SSSR count). The van der Waals surface area contributed by atoms with Crippen molar-refractivity contribution >= 4 is 33.7 Å². The van der Waals surface area contributed by atoms with E-state index in [9.17, 15) is 18.8 Å². The van der Waals surface area contributed by atoms with Crippen molar-refractivity contribution in [3.05, 3.63) is 34.1 Å². The minimum atomic E-state index is -1.46. The fourth-order valence-corrected chi connectivity index (χ4v) is 1.76. The molecule has 0 saturated heterocycles. The van der Waals surface area contributed by atoms with Gasteiger partial charge in [-0.25, -0.2) is 9.18 Å². The number of primary amides is 1. The number of carboxylic acid groups (broad SMARTS) is 1. The number of benzene rings is 1. The maximum absolute atomic E-state index is 13.2. The van der Waals surface area contributed by atoms with Crippen LogP contribution in [0.5, 0.6) is 0 Å². The van der Waals surface area contributed by atoms with E-state index in [0.29, 0.717) is 0 Å². The highest BCUT2D eigenvalue weighted by Gasteiger charge is 2.24. The molecule has 0 radical (unpaired) electrons. The van der Waals surface area contributed by atoms with E-state index in [1.807, 2.05) is 0 Å². The molecule has 0 aliphatic carbocycles. The third-order valence-electron chi connectivity index (χ3n) is 2.20. The van der Waals surface area contributed by atoms with Gasteiger partial charge in [0.05, 0.1) is 16.5 Å². The number of hydrogen-bond donors (Lipinski definition) is 3. The van der Waals surface area contributed by atoms with Gasteiger partial charge in [-0.3, -0.25) is 9.59 Å². The van der Waals surface area contributed by atoms with Gasteiger partial charge in [-0.2, -0.15) is 0 Å². The first-order valence-corrected chi connectivity index (χ1v) is 5.88. The van der Waals surface area contributed by atoms with Crippen LogP contribution in [0.25, 0.3) is 0 Å². The average Bonchev–Trinajstić information content (AvgIpc) is 2.31. The Morgan fingerprint density at radius 1 is 1.42 bits per heavy atom. The van der Waals surface area contributed by atoms with Crippen LogP contribution in [0.3, 0.4) is 0 Å². The third-order valence-corrected chi connectivity index (χ3v) is 3.01. The van der Waals surface area contributed by atoms with Gasteiger partial charge < -0.3 is 16.2 Å². The zero-order valence-electron chi connectivity index (χ0n) is 9.52. The molecule has 0 aliphatic heterocycles. The highest BCUT2D eigenvalue weighted by atomic mass is 79.9. The second-order valence-corrected chi connectivity index (χ2v) is 4.43. The number of nitrogens with two attached hydrogens (primary N) is 1. The number of rotatable bonds is 5. The monoisotopic (exact) mass is 332 g/mol. The molecule has 1 aromatic carbocycles. The number of carbonyl (C=O) groups is 3. The zero-order valence-corrected chi connectivity index (χ0v) is 11.1. The molecule has 4 N–H and O–H groups in total. The molecule has 0 bridgehead atoms. The van der Waals surface area contributed by atoms with Gasteiger partial charge in [0.25, 0.3) is 5.91 Å². The van der Waals surface area contributed by atoms with Gasteiger partial charge in [0.2, 0.25) is 5.91 Å². The Bertz CT molecular complexity index is 535. The molecule has 0 aromatic heterocycles. The average molecular weight is 333 g/mol. The van der Waals surface area contributed by atoms with Crippen molar-refractivity contribution in [3.8, 4) is 0 Å². The Hall–Kier alpha value is -1.96. The van der Waals surface area contributed by atoms with Crippen molar-refractivity contribution in [2.45, 2.75) is 12.5 Å². The molecule has 0 saturated carbocycles. The second kappa shape index (κ2) is 6.28. The van der Waals surface area contributed by atoms with Crippen LogP contribution in [-0.2, 0) is 9.59 Å². The van der Waals surface area contributed by atoms with E-state index in [2.05, 4.69) is 21.2 Å². The Labute approximate surface area is 115 Å². The normalized spacial score (nSPS) is 11.7. The zero-order chi connectivity index (χ0) is 14.6. The van der Waals surface area contributed by atoms with E-state index in [-0.39, 0.29) is 10.0 Å². The number of hydrogen-bond acceptors (Lipinski definition) is 3. The van der Waals surface area contributed by atoms with Crippen molar-refractivity contribution in [3.63, 3.8) is 0 Å². The Kier molecular flexibility index (Phi) is 4.99. The first kappa shape index (κ1) is 15.1. The van der Waals surface area contributed by atoms with Crippen molar-refractivity contribution < 1.29 is 23.9 Å². The summed E-state index contributed by atoms with van der Waals surface area (Å²) in [5.41, 5.74) is 4.80. The van der Waals surface area contributed by atoms with Gasteiger partial charge in [0, 0.05) is 0 Å². The van der Waals surface area contributed by atoms with E-state index in [4.69, 9.17) is 10.8 Å². The minimum absolute atomic E-state index is 0.0734. The molecular formula is C11H10BrFN2O4. The smallest absolute Gasteiger partial charge is 0.326 e. The molecule has 2 amide bonds. The maximum Gasteiger partial charge on any atom is 0.326 e. The van der Waals surface area contributed by atoms with Crippen LogP contribution in [0.4, 0.5) is 4.39 Å². The number of amides is 2. The lowest BCUT2D eigenvalue weighted by atomic mass is 10.1. The standard InChI is InChI=1S/C11H10BrFN2O4/c12-9-5(2-1-3-6(9)13)10(17)15-7(11(18)19)4-8(14)16/h1-3,7H,4H2,(H2,14,16)(H,15,17)(H,18,19)/t7-/m1/s1. The van der Waals surface area contributed by atoms with Crippen molar-refractivity contribution in [1.82, 2.24) is 5.32 Å². The Morgan fingerprint density at radius 3 is 2.58 bits per heavy atom. The molecule has 0 heterocycles. The fraction of sp³-hybridized carbons (Fsp3) is 0.182. The molecule has 0 spiro atoms. The lowest BCUT2D eigenvalue weighted by Crippen LogP contribution is -2.43. The van der Waals surface area contributed by atoms with Gasteiger partial charge in [0.15, 0.2) is 0 Å². The fourth-order valence-electron chi connectivity index (χ4n) is 1.32. The van der Waals surface area contributed by atoms with E-state index in [0.717, 1.165) is 6.07 Å². The minimum Gasteiger partial charge on any atom is -0.480 e. The molecule has 0 fully saturated rings. The van der Waals surface area contributed by atoms with Crippen LogP contribution in [-0.4, -0.2) is 28.9 Å². The van der Waals surface area contributed by atoms with Gasteiger partial charge in [-0.15, -0.1) is 0 Å². The second-order valence-electron chi connectivity index (χ2n) is 3.64. The molecule has 19 heavy (non-hydrogen) atoms. The predicted octanol–water partition coefficient (Wildman–Crippen LogP) is 0.647. The van der Waals surface area contributed by atoms with E-state index in [1.54, 1.807) is 0 Å². The van der Waals surface area contributed by atoms with E-state index in [1.165, 1.54) is 12.1 Å². The molecule has 1 atom stereocenters. The summed E-state index contributed by atoms with van der Waals surface area (Å²) in [4.78, 5) is 33.3. The predicted molar refractivity (Wildman–Crippen MR) is 66.8 cm³/mol. The van der Waals surface area contributed by atoms with Crippen LogP contribution >= 0.6 is 15.9 Å². The van der Waals surface area contributed by atoms with Crippen LogP contribution < -0.4 is 11.1 Å². The first-order valence-electron chi connectivity index (χ1n) is 5.09. The highest BCUT2D eigenvalue weighted by Crippen LogP contribution is 2.20. The maximum atomic E-state index is 13.2. The molecule has 0 unspecified atom stereocenters. The molecular weight excluding hydrogens is 323 g/mol. The summed E-state index contributed by atoms with van der Waals surface area (Å²) < 4.78 is 13.1. The van der Waals surface area contributed by atoms with Crippen LogP contribution in [0.2, 0.25) is 0 Å². The molecule has 1 aromatic rings. The lowest BCUT2D eigenvalue weighted by Gasteiger charge is -2.13. The summed E-state index contributed by atoms with van der Waals surface area (Å²) in [5, 5.41) is 10.9. The van der Waals surface area contributed by atoms with Crippen molar-refractivity contribution in [1.29, 1.82) is 0 Å². The highest BCUT2D eigenvalue weighted by molar-refractivity contribution is 9.10. The largest absolute Gasteiger partial charge is 0.480 e. The van der Waals surface area contributed by atoms with Crippen molar-refractivity contribution in [2.75, 3.05) is 0 Å². The number of carboxylic acids is 1. The number of halogens is 2. The summed E-state index contributed by atoms with van der Waals surface area (Å²) in [5.74, 6) is -3.75. The van der Waals surface area contributed by atoms with Gasteiger partial charge in [-0.1, -0.05) is 6.07 Å². The Balaban J connectivity index is 2.91. The third kappa shape index (κ3) is 4.02. The van der Waals surface area contributed by atoms with Crippen LogP contribution in [0.15, 0.2) is 22.7 Å². The molecule has 102 valence electrons. The van der Waals surface area contributed by atoms with Crippen molar-refractivity contribution in [2.24, 2.45) is 5.73 Å². The quantitative estimate of drug-likeness (QED) is 0.735. The topological polar surface area (TPSA) is 109 Å². The Morgan fingerprint density at radius 2 is 2.05 bits per heavy atom. The number of aliphatic carboxylic acids is 1. The first-order chi connectivity index (χ1) is 8.82. The summed E-state index contributed by atoms with van der Waals surface area (Å²) in [6.45, 7) is 0. The summed E-state index contributed by atoms with van der Waals surface area (Å²) in [6.07, 6.45) is -0.548. The van der Waals surface area contributed by atoms with Gasteiger partial charge in [0.1, 0.15) is 11.9 Å². The lowest BCUT2D eigenvalue weighted by molar-refractivity contribution is -0.140. The van der Waals surface area contributed by atoms with Gasteiger partial charge >= 0.3 is 5.97 Å². The SMILES string of the molecule is NC(=O)C[C@@H](NC(=O)c1cccc(F)c1Br)C(=O)O. The molecule has 0 aliphatic rings. The van der Waals surface area contributed by atoms with Crippen LogP contribution in [0.1, 0.15) is 16.8 Å².